The molecule has 0 spiro atoms. The summed E-state index contributed by atoms with van der Waals surface area (Å²) < 4.78 is 4.64. The second-order valence-corrected chi connectivity index (χ2v) is 3.77. The first-order chi connectivity index (χ1) is 7.58. The van der Waals surface area contributed by atoms with E-state index in [2.05, 4.69) is 10.1 Å². The molecule has 0 aliphatic carbocycles. The predicted octanol–water partition coefficient (Wildman–Crippen LogP) is 1.57. The molecule has 0 radical (unpaired) electrons. The van der Waals surface area contributed by atoms with Crippen molar-refractivity contribution in [2.75, 3.05) is 0 Å². The topological polar surface area (TPSA) is 75.6 Å². The van der Waals surface area contributed by atoms with Crippen LogP contribution < -0.4 is 5.32 Å². The fourth-order valence-electron chi connectivity index (χ4n) is 1.54. The maximum Gasteiger partial charge on any atom is 0.408 e. The third-order valence-corrected chi connectivity index (χ3v) is 2.53. The van der Waals surface area contributed by atoms with Gasteiger partial charge >= 0.3 is 12.1 Å². The van der Waals surface area contributed by atoms with E-state index in [0.717, 1.165) is 0 Å². The molecule has 1 amide bonds. The summed E-state index contributed by atoms with van der Waals surface area (Å²) in [6, 6.07) is 5.87. The lowest BCUT2D eigenvalue weighted by molar-refractivity contribution is -0.146. The number of hydrogen-bond donors (Lipinski definition) is 2. The zero-order chi connectivity index (χ0) is 11.7. The van der Waals surface area contributed by atoms with Crippen LogP contribution in [0.1, 0.15) is 11.6 Å². The largest absolute Gasteiger partial charge is 0.478 e. The molecule has 1 aromatic carbocycles. The van der Waals surface area contributed by atoms with Crippen LogP contribution in [0.2, 0.25) is 5.02 Å². The average molecular weight is 242 g/mol. The minimum absolute atomic E-state index is 0.542. The SMILES string of the molecule is O=C1N[C@H](c2ccc(Cl)cc2)[C@@H](C(=O)O)O1. The Morgan fingerprint density at radius 3 is 2.56 bits per heavy atom. The van der Waals surface area contributed by atoms with Crippen LogP contribution in [0.15, 0.2) is 24.3 Å². The van der Waals surface area contributed by atoms with E-state index >= 15 is 0 Å². The number of benzene rings is 1. The van der Waals surface area contributed by atoms with Crippen molar-refractivity contribution in [1.29, 1.82) is 0 Å². The van der Waals surface area contributed by atoms with Gasteiger partial charge in [0.25, 0.3) is 0 Å². The van der Waals surface area contributed by atoms with E-state index in [-0.39, 0.29) is 0 Å². The Morgan fingerprint density at radius 2 is 2.00 bits per heavy atom. The van der Waals surface area contributed by atoms with Crippen LogP contribution in [-0.4, -0.2) is 23.3 Å². The molecule has 5 nitrogen and oxygen atoms in total. The Kier molecular flexibility index (Phi) is 2.70. The highest BCUT2D eigenvalue weighted by atomic mass is 35.5. The van der Waals surface area contributed by atoms with Gasteiger partial charge < -0.3 is 15.2 Å². The van der Waals surface area contributed by atoms with Gasteiger partial charge in [-0.15, -0.1) is 0 Å². The van der Waals surface area contributed by atoms with Gasteiger partial charge in [0.2, 0.25) is 6.10 Å². The Morgan fingerprint density at radius 1 is 1.38 bits per heavy atom. The minimum atomic E-state index is -1.20. The normalized spacial score (nSPS) is 23.7. The summed E-state index contributed by atoms with van der Waals surface area (Å²) in [4.78, 5) is 21.8. The van der Waals surface area contributed by atoms with E-state index in [0.29, 0.717) is 10.6 Å². The summed E-state index contributed by atoms with van der Waals surface area (Å²) in [6.07, 6.45) is -1.93. The highest BCUT2D eigenvalue weighted by molar-refractivity contribution is 6.30. The van der Waals surface area contributed by atoms with Crippen molar-refractivity contribution in [3.8, 4) is 0 Å². The standard InChI is InChI=1S/C10H8ClNO4/c11-6-3-1-5(2-4-6)7-8(9(13)14)16-10(15)12-7/h1-4,7-8H,(H,12,15)(H,13,14)/t7-,8+/m1/s1. The summed E-state index contributed by atoms with van der Waals surface area (Å²) in [5, 5.41) is 11.9. The zero-order valence-corrected chi connectivity index (χ0v) is 8.77. The molecular weight excluding hydrogens is 234 g/mol. The predicted molar refractivity (Wildman–Crippen MR) is 55.2 cm³/mol. The second-order valence-electron chi connectivity index (χ2n) is 3.34. The molecule has 0 bridgehead atoms. The molecule has 1 heterocycles. The summed E-state index contributed by atoms with van der Waals surface area (Å²) in [7, 11) is 0. The Hall–Kier alpha value is -1.75. The third-order valence-electron chi connectivity index (χ3n) is 2.28. The lowest BCUT2D eigenvalue weighted by Gasteiger charge is -2.13. The first-order valence-corrected chi connectivity index (χ1v) is 4.91. The number of hydrogen-bond acceptors (Lipinski definition) is 3. The maximum atomic E-state index is 11.0. The van der Waals surface area contributed by atoms with E-state index in [1.165, 1.54) is 0 Å². The van der Waals surface area contributed by atoms with Gasteiger partial charge in [-0.3, -0.25) is 0 Å². The lowest BCUT2D eigenvalue weighted by atomic mass is 10.0. The highest BCUT2D eigenvalue weighted by Gasteiger charge is 2.40. The molecule has 2 atom stereocenters. The Bertz CT molecular complexity index is 431. The summed E-state index contributed by atoms with van der Waals surface area (Å²) >= 11 is 5.71. The molecule has 0 saturated carbocycles. The molecule has 1 aromatic rings. The van der Waals surface area contributed by atoms with Gasteiger partial charge in [-0.2, -0.15) is 0 Å². The van der Waals surface area contributed by atoms with Crippen molar-refractivity contribution in [1.82, 2.24) is 5.32 Å². The number of carbonyl (C=O) groups excluding carboxylic acids is 1. The Labute approximate surface area is 96.0 Å². The van der Waals surface area contributed by atoms with Crippen molar-refractivity contribution in [3.05, 3.63) is 34.9 Å². The number of carbonyl (C=O) groups is 2. The smallest absolute Gasteiger partial charge is 0.408 e. The van der Waals surface area contributed by atoms with E-state index < -0.39 is 24.2 Å². The van der Waals surface area contributed by atoms with Crippen molar-refractivity contribution in [2.24, 2.45) is 0 Å². The van der Waals surface area contributed by atoms with Gasteiger partial charge in [0.15, 0.2) is 0 Å². The van der Waals surface area contributed by atoms with Crippen molar-refractivity contribution < 1.29 is 19.4 Å². The highest BCUT2D eigenvalue weighted by Crippen LogP contribution is 2.25. The number of amides is 1. The van der Waals surface area contributed by atoms with E-state index in [1.807, 2.05) is 0 Å². The van der Waals surface area contributed by atoms with Gasteiger partial charge in [0, 0.05) is 5.02 Å². The monoisotopic (exact) mass is 241 g/mol. The van der Waals surface area contributed by atoms with E-state index in [4.69, 9.17) is 16.7 Å². The van der Waals surface area contributed by atoms with Gasteiger partial charge in [-0.05, 0) is 17.7 Å². The van der Waals surface area contributed by atoms with Crippen LogP contribution in [0.25, 0.3) is 0 Å². The molecule has 1 aliphatic heterocycles. The molecule has 84 valence electrons. The number of carboxylic acid groups (broad SMARTS) is 1. The number of rotatable bonds is 2. The molecule has 1 aliphatic rings. The molecule has 2 N–H and O–H groups in total. The number of cyclic esters (lactones) is 1. The van der Waals surface area contributed by atoms with Crippen LogP contribution in [0, 0.1) is 0 Å². The number of aliphatic carboxylic acids is 1. The van der Waals surface area contributed by atoms with Crippen LogP contribution in [0.4, 0.5) is 4.79 Å². The second kappa shape index (κ2) is 4.02. The molecule has 0 unspecified atom stereocenters. The summed E-state index contributed by atoms with van der Waals surface area (Å²) in [5.74, 6) is -1.18. The quantitative estimate of drug-likeness (QED) is 0.824. The lowest BCUT2D eigenvalue weighted by Crippen LogP contribution is -2.28. The maximum absolute atomic E-state index is 11.0. The van der Waals surface area contributed by atoms with Gasteiger partial charge in [-0.1, -0.05) is 23.7 Å². The fraction of sp³-hybridized carbons (Fsp3) is 0.200. The number of halogens is 1. The molecule has 6 heteroatoms. The fourth-order valence-corrected chi connectivity index (χ4v) is 1.67. The van der Waals surface area contributed by atoms with Crippen LogP contribution in [-0.2, 0) is 9.53 Å². The van der Waals surface area contributed by atoms with E-state index in [9.17, 15) is 9.59 Å². The van der Waals surface area contributed by atoms with Crippen molar-refractivity contribution in [2.45, 2.75) is 12.1 Å². The number of carboxylic acids is 1. The minimum Gasteiger partial charge on any atom is -0.478 e. The number of alkyl carbamates (subject to hydrolysis) is 1. The van der Waals surface area contributed by atoms with Gasteiger partial charge in [-0.25, -0.2) is 9.59 Å². The summed E-state index contributed by atoms with van der Waals surface area (Å²) in [5.41, 5.74) is 0.641. The molecule has 0 aromatic heterocycles. The van der Waals surface area contributed by atoms with Crippen LogP contribution >= 0.6 is 11.6 Å². The van der Waals surface area contributed by atoms with Crippen molar-refractivity contribution >= 4 is 23.7 Å². The molecular formula is C10H8ClNO4. The van der Waals surface area contributed by atoms with Crippen LogP contribution in [0.5, 0.6) is 0 Å². The first-order valence-electron chi connectivity index (χ1n) is 4.53. The third kappa shape index (κ3) is 1.94. The average Bonchev–Trinajstić information content (AvgIpc) is 2.61. The Balaban J connectivity index is 2.28. The van der Waals surface area contributed by atoms with Gasteiger partial charge in [0.05, 0.1) is 0 Å². The molecule has 1 saturated heterocycles. The van der Waals surface area contributed by atoms with Crippen LogP contribution in [0.3, 0.4) is 0 Å². The number of ether oxygens (including phenoxy) is 1. The summed E-state index contributed by atoms with van der Waals surface area (Å²) in [6.45, 7) is 0. The van der Waals surface area contributed by atoms with Gasteiger partial charge in [0.1, 0.15) is 6.04 Å². The molecule has 1 fully saturated rings. The first kappa shape index (κ1) is 10.8. The number of nitrogens with one attached hydrogen (secondary N) is 1. The molecule has 2 rings (SSSR count). The molecule has 16 heavy (non-hydrogen) atoms. The van der Waals surface area contributed by atoms with E-state index in [1.54, 1.807) is 24.3 Å². The van der Waals surface area contributed by atoms with Crippen molar-refractivity contribution in [3.63, 3.8) is 0 Å². The zero-order valence-electron chi connectivity index (χ0n) is 8.01.